The summed E-state index contributed by atoms with van der Waals surface area (Å²) in [5.74, 6) is -0.0102. The molecule has 2 aromatic heterocycles. The van der Waals surface area contributed by atoms with Crippen molar-refractivity contribution in [2.45, 2.75) is 26.9 Å². The van der Waals surface area contributed by atoms with Crippen LogP contribution < -0.4 is 0 Å². The predicted octanol–water partition coefficient (Wildman–Crippen LogP) is 3.85. The van der Waals surface area contributed by atoms with E-state index in [1.54, 1.807) is 54.2 Å². The van der Waals surface area contributed by atoms with Crippen molar-refractivity contribution in [3.63, 3.8) is 0 Å². The first-order valence-corrected chi connectivity index (χ1v) is 10.2. The van der Waals surface area contributed by atoms with Gasteiger partial charge in [-0.25, -0.2) is 14.6 Å². The Labute approximate surface area is 184 Å². The Balaban J connectivity index is 1.79. The number of hydrogen-bond donors (Lipinski definition) is 1. The Bertz CT molecular complexity index is 1290. The molecule has 0 atom stereocenters. The topological polar surface area (TPSA) is 97.0 Å². The molecule has 0 spiro atoms. The molecule has 9 heteroatoms. The SMILES string of the molecule is CCn1nnc(CN(C)C(=O)c2nc(-c3ccccc3O)nc3ccc(Cl)cc23)c1C. The summed E-state index contributed by atoms with van der Waals surface area (Å²) in [6, 6.07) is 11.9. The van der Waals surface area contributed by atoms with Crippen molar-refractivity contribution in [3.8, 4) is 17.1 Å². The number of phenolic OH excluding ortho intramolecular Hbond substituents is 1. The summed E-state index contributed by atoms with van der Waals surface area (Å²) in [5.41, 5.74) is 2.83. The summed E-state index contributed by atoms with van der Waals surface area (Å²) in [6.07, 6.45) is 0. The lowest BCUT2D eigenvalue weighted by Gasteiger charge is -2.17. The minimum atomic E-state index is -0.309. The van der Waals surface area contributed by atoms with Crippen LogP contribution in [0.15, 0.2) is 42.5 Å². The number of aromatic hydroxyl groups is 1. The molecule has 0 aliphatic rings. The Morgan fingerprint density at radius 1 is 1.19 bits per heavy atom. The van der Waals surface area contributed by atoms with Crippen LogP contribution >= 0.6 is 11.6 Å². The average Bonchev–Trinajstić information content (AvgIpc) is 3.12. The number of carbonyl (C=O) groups is 1. The lowest BCUT2D eigenvalue weighted by atomic mass is 10.1. The average molecular weight is 437 g/mol. The highest BCUT2D eigenvalue weighted by Crippen LogP contribution is 2.29. The summed E-state index contributed by atoms with van der Waals surface area (Å²) in [7, 11) is 1.69. The van der Waals surface area contributed by atoms with Crippen molar-refractivity contribution in [3.05, 3.63) is 64.6 Å². The van der Waals surface area contributed by atoms with Gasteiger partial charge in [-0.15, -0.1) is 5.10 Å². The number of aromatic nitrogens is 5. The monoisotopic (exact) mass is 436 g/mol. The summed E-state index contributed by atoms with van der Waals surface area (Å²) < 4.78 is 1.78. The Morgan fingerprint density at radius 2 is 1.97 bits per heavy atom. The number of aryl methyl sites for hydroxylation is 1. The first-order chi connectivity index (χ1) is 14.9. The number of para-hydroxylation sites is 1. The van der Waals surface area contributed by atoms with E-state index >= 15 is 0 Å². The molecule has 0 bridgehead atoms. The smallest absolute Gasteiger partial charge is 0.273 e. The van der Waals surface area contributed by atoms with Gasteiger partial charge in [0.25, 0.3) is 5.91 Å². The highest BCUT2D eigenvalue weighted by atomic mass is 35.5. The molecule has 4 aromatic rings. The van der Waals surface area contributed by atoms with Gasteiger partial charge in [-0.2, -0.15) is 0 Å². The zero-order valence-corrected chi connectivity index (χ0v) is 18.1. The quantitative estimate of drug-likeness (QED) is 0.510. The largest absolute Gasteiger partial charge is 0.507 e. The molecule has 0 unspecified atom stereocenters. The van der Waals surface area contributed by atoms with Gasteiger partial charge in [0.2, 0.25) is 0 Å². The van der Waals surface area contributed by atoms with Gasteiger partial charge in [0, 0.05) is 24.0 Å². The third-order valence-electron chi connectivity index (χ3n) is 5.12. The van der Waals surface area contributed by atoms with Crippen LogP contribution in [0, 0.1) is 6.92 Å². The number of hydrogen-bond acceptors (Lipinski definition) is 6. The van der Waals surface area contributed by atoms with Crippen molar-refractivity contribution in [2.75, 3.05) is 7.05 Å². The third kappa shape index (κ3) is 3.94. The first kappa shape index (κ1) is 20.7. The number of benzene rings is 2. The number of fused-ring (bicyclic) bond motifs is 1. The van der Waals surface area contributed by atoms with Crippen molar-refractivity contribution < 1.29 is 9.90 Å². The zero-order valence-electron chi connectivity index (χ0n) is 17.4. The molecular weight excluding hydrogens is 416 g/mol. The Kier molecular flexibility index (Phi) is 5.56. The van der Waals surface area contributed by atoms with E-state index in [0.29, 0.717) is 28.0 Å². The summed E-state index contributed by atoms with van der Waals surface area (Å²) >= 11 is 6.18. The van der Waals surface area contributed by atoms with Crippen molar-refractivity contribution >= 4 is 28.4 Å². The molecule has 0 aliphatic carbocycles. The van der Waals surface area contributed by atoms with Crippen LogP contribution in [0.1, 0.15) is 28.8 Å². The number of amides is 1. The number of halogens is 1. The van der Waals surface area contributed by atoms with Gasteiger partial charge >= 0.3 is 0 Å². The molecule has 8 nitrogen and oxygen atoms in total. The van der Waals surface area contributed by atoms with E-state index in [9.17, 15) is 9.90 Å². The third-order valence-corrected chi connectivity index (χ3v) is 5.35. The highest BCUT2D eigenvalue weighted by molar-refractivity contribution is 6.31. The van der Waals surface area contributed by atoms with Crippen LogP contribution in [0.4, 0.5) is 0 Å². The second kappa shape index (κ2) is 8.31. The fourth-order valence-electron chi connectivity index (χ4n) is 3.37. The van der Waals surface area contributed by atoms with Gasteiger partial charge in [0.1, 0.15) is 17.1 Å². The molecule has 2 aromatic carbocycles. The molecule has 1 amide bonds. The van der Waals surface area contributed by atoms with E-state index in [-0.39, 0.29) is 29.7 Å². The molecule has 0 aliphatic heterocycles. The zero-order chi connectivity index (χ0) is 22.1. The molecular formula is C22H21ClN6O2. The van der Waals surface area contributed by atoms with E-state index in [1.165, 1.54) is 4.90 Å². The van der Waals surface area contributed by atoms with Gasteiger partial charge in [0.15, 0.2) is 5.82 Å². The molecule has 2 heterocycles. The molecule has 0 saturated heterocycles. The first-order valence-electron chi connectivity index (χ1n) is 9.79. The maximum atomic E-state index is 13.4. The number of nitrogens with zero attached hydrogens (tertiary/aromatic N) is 6. The van der Waals surface area contributed by atoms with E-state index in [2.05, 4.69) is 20.3 Å². The van der Waals surface area contributed by atoms with Gasteiger partial charge in [-0.3, -0.25) is 4.79 Å². The van der Waals surface area contributed by atoms with Crippen LogP contribution in [0.2, 0.25) is 5.02 Å². The van der Waals surface area contributed by atoms with E-state index < -0.39 is 0 Å². The van der Waals surface area contributed by atoms with Gasteiger partial charge in [-0.05, 0) is 44.2 Å². The molecule has 158 valence electrons. The molecule has 1 N–H and O–H groups in total. The minimum absolute atomic E-state index is 0.0365. The normalized spacial score (nSPS) is 11.1. The summed E-state index contributed by atoms with van der Waals surface area (Å²) in [5, 5.41) is 19.6. The lowest BCUT2D eigenvalue weighted by Crippen LogP contribution is -2.28. The fraction of sp³-hybridized carbons (Fsp3) is 0.227. The molecule has 0 fully saturated rings. The molecule has 0 saturated carbocycles. The second-order valence-electron chi connectivity index (χ2n) is 7.17. The Morgan fingerprint density at radius 3 is 2.68 bits per heavy atom. The fourth-order valence-corrected chi connectivity index (χ4v) is 3.54. The minimum Gasteiger partial charge on any atom is -0.507 e. The van der Waals surface area contributed by atoms with Gasteiger partial charge in [0.05, 0.1) is 23.3 Å². The van der Waals surface area contributed by atoms with E-state index in [4.69, 9.17) is 11.6 Å². The van der Waals surface area contributed by atoms with Crippen LogP contribution in [0.25, 0.3) is 22.3 Å². The summed E-state index contributed by atoms with van der Waals surface area (Å²) in [4.78, 5) is 24.0. The van der Waals surface area contributed by atoms with Gasteiger partial charge in [-0.1, -0.05) is 28.9 Å². The maximum absolute atomic E-state index is 13.4. The van der Waals surface area contributed by atoms with Crippen LogP contribution in [-0.2, 0) is 13.1 Å². The number of phenols is 1. The van der Waals surface area contributed by atoms with Crippen molar-refractivity contribution in [1.29, 1.82) is 0 Å². The van der Waals surface area contributed by atoms with Crippen LogP contribution in [0.3, 0.4) is 0 Å². The highest BCUT2D eigenvalue weighted by Gasteiger charge is 2.22. The van der Waals surface area contributed by atoms with Crippen LogP contribution in [-0.4, -0.2) is 47.9 Å². The van der Waals surface area contributed by atoms with Crippen LogP contribution in [0.5, 0.6) is 5.75 Å². The Hall–Kier alpha value is -3.52. The molecule has 0 radical (unpaired) electrons. The molecule has 31 heavy (non-hydrogen) atoms. The predicted molar refractivity (Wildman–Crippen MR) is 118 cm³/mol. The van der Waals surface area contributed by atoms with E-state index in [1.807, 2.05) is 13.8 Å². The van der Waals surface area contributed by atoms with Gasteiger partial charge < -0.3 is 10.0 Å². The number of carbonyl (C=O) groups excluding carboxylic acids is 1. The van der Waals surface area contributed by atoms with Crippen molar-refractivity contribution in [1.82, 2.24) is 29.9 Å². The lowest BCUT2D eigenvalue weighted by molar-refractivity contribution is 0.0779. The second-order valence-corrected chi connectivity index (χ2v) is 7.61. The summed E-state index contributed by atoms with van der Waals surface area (Å²) in [6.45, 7) is 4.89. The standard InChI is InChI=1S/C22H21ClN6O2/c1-4-29-13(2)18(26-27-29)12-28(3)22(31)20-16-11-14(23)9-10-17(16)24-21(25-20)15-7-5-6-8-19(15)30/h5-11,30H,4,12H2,1-3H3. The number of rotatable bonds is 5. The molecule has 4 rings (SSSR count). The van der Waals surface area contributed by atoms with E-state index in [0.717, 1.165) is 11.4 Å². The van der Waals surface area contributed by atoms with Crippen molar-refractivity contribution in [2.24, 2.45) is 0 Å². The maximum Gasteiger partial charge on any atom is 0.273 e.